The van der Waals surface area contributed by atoms with E-state index in [1.807, 2.05) is 36.0 Å². The van der Waals surface area contributed by atoms with Crippen molar-refractivity contribution in [3.63, 3.8) is 0 Å². The molecule has 1 aliphatic carbocycles. The molecule has 8 heteroatoms. The lowest BCUT2D eigenvalue weighted by molar-refractivity contribution is 0.0984. The molecule has 0 bridgehead atoms. The van der Waals surface area contributed by atoms with Gasteiger partial charge in [0.1, 0.15) is 0 Å². The van der Waals surface area contributed by atoms with Crippen LogP contribution < -0.4 is 5.32 Å². The average Bonchev–Trinajstić information content (AvgIpc) is 3.20. The van der Waals surface area contributed by atoms with Crippen molar-refractivity contribution in [3.05, 3.63) is 54.0 Å². The van der Waals surface area contributed by atoms with Crippen LogP contribution in [0.2, 0.25) is 0 Å². The van der Waals surface area contributed by atoms with Gasteiger partial charge in [0.15, 0.2) is 5.78 Å². The van der Waals surface area contributed by atoms with E-state index in [1.165, 1.54) is 0 Å². The van der Waals surface area contributed by atoms with Gasteiger partial charge in [0, 0.05) is 36.4 Å². The average molecular weight is 411 g/mol. The number of nitriles is 2. The number of hydrogen-bond donors (Lipinski definition) is 1. The molecule has 2 heterocycles. The summed E-state index contributed by atoms with van der Waals surface area (Å²) in [5, 5.41) is 25.1. The Morgan fingerprint density at radius 1 is 1.23 bits per heavy atom. The molecule has 0 amide bonds. The number of carbonyl (C=O) groups excluding carboxylic acids is 1. The fourth-order valence-electron chi connectivity index (χ4n) is 3.56. The number of hydrogen-bond acceptors (Lipinski definition) is 7. The summed E-state index contributed by atoms with van der Waals surface area (Å²) in [5.41, 5.74) is 3.95. The fourth-order valence-corrected chi connectivity index (χ4v) is 3.56. The lowest BCUT2D eigenvalue weighted by Gasteiger charge is -2.30. The van der Waals surface area contributed by atoms with E-state index in [4.69, 9.17) is 10.5 Å². The second-order valence-electron chi connectivity index (χ2n) is 7.67. The molecule has 0 saturated heterocycles. The molecule has 0 atom stereocenters. The molecule has 8 nitrogen and oxygen atoms in total. The molecule has 1 aromatic carbocycles. The van der Waals surface area contributed by atoms with Gasteiger partial charge < -0.3 is 5.32 Å². The standard InChI is InChI=1S/C23H21N7O/c1-15-12-26-23(28-19-13-27-30(14-19)20-9-16(10-20)11-25)29-22(15)18-6-4-17(5-7-18)21(31)3-2-8-24/h4-7,12-14,16,20H,2-3,9-10H2,1H3,(H,26,28,29). The summed E-state index contributed by atoms with van der Waals surface area (Å²) in [5.74, 6) is 0.541. The molecule has 4 rings (SSSR count). The zero-order valence-electron chi connectivity index (χ0n) is 17.1. The second kappa shape index (κ2) is 8.76. The van der Waals surface area contributed by atoms with Crippen LogP contribution in [0.5, 0.6) is 0 Å². The Hall–Kier alpha value is -4.04. The Bertz CT molecular complexity index is 1180. The van der Waals surface area contributed by atoms with E-state index in [-0.39, 0.29) is 30.6 Å². The van der Waals surface area contributed by atoms with Crippen molar-refractivity contribution >= 4 is 17.4 Å². The summed E-state index contributed by atoms with van der Waals surface area (Å²) < 4.78 is 1.88. The number of aryl methyl sites for hydroxylation is 1. The maximum absolute atomic E-state index is 12.1. The molecule has 1 aliphatic rings. The Kier molecular flexibility index (Phi) is 5.72. The van der Waals surface area contributed by atoms with E-state index >= 15 is 0 Å². The van der Waals surface area contributed by atoms with Gasteiger partial charge in [0.2, 0.25) is 5.95 Å². The number of nitrogens with one attached hydrogen (secondary N) is 1. The first-order valence-electron chi connectivity index (χ1n) is 10.1. The molecule has 1 fully saturated rings. The monoisotopic (exact) mass is 411 g/mol. The summed E-state index contributed by atoms with van der Waals surface area (Å²) in [6.45, 7) is 1.94. The van der Waals surface area contributed by atoms with Crippen molar-refractivity contribution in [2.75, 3.05) is 5.32 Å². The zero-order chi connectivity index (χ0) is 21.8. The number of rotatable bonds is 7. The molecule has 0 aliphatic heterocycles. The minimum Gasteiger partial charge on any atom is -0.321 e. The molecule has 1 saturated carbocycles. The van der Waals surface area contributed by atoms with Crippen LogP contribution in [0, 0.1) is 35.5 Å². The largest absolute Gasteiger partial charge is 0.321 e. The third kappa shape index (κ3) is 4.44. The van der Waals surface area contributed by atoms with Gasteiger partial charge in [-0.1, -0.05) is 24.3 Å². The minimum absolute atomic E-state index is 0.0422. The highest BCUT2D eigenvalue weighted by Crippen LogP contribution is 2.37. The van der Waals surface area contributed by atoms with Crippen LogP contribution in [-0.2, 0) is 0 Å². The van der Waals surface area contributed by atoms with Gasteiger partial charge in [0.05, 0.1) is 41.7 Å². The van der Waals surface area contributed by atoms with Crippen LogP contribution in [-0.4, -0.2) is 25.5 Å². The maximum Gasteiger partial charge on any atom is 0.227 e. The third-order valence-corrected chi connectivity index (χ3v) is 5.44. The lowest BCUT2D eigenvalue weighted by atomic mass is 9.81. The van der Waals surface area contributed by atoms with Crippen molar-refractivity contribution in [2.45, 2.75) is 38.6 Å². The summed E-state index contributed by atoms with van der Waals surface area (Å²) in [4.78, 5) is 21.1. The Balaban J connectivity index is 1.48. The van der Waals surface area contributed by atoms with Gasteiger partial charge >= 0.3 is 0 Å². The van der Waals surface area contributed by atoms with Crippen molar-refractivity contribution in [3.8, 4) is 23.4 Å². The quantitative estimate of drug-likeness (QED) is 0.574. The molecular weight excluding hydrogens is 390 g/mol. The van der Waals surface area contributed by atoms with Gasteiger partial charge in [0.25, 0.3) is 0 Å². The molecular formula is C23H21N7O. The predicted octanol–water partition coefficient (Wildman–Crippen LogP) is 4.35. The second-order valence-corrected chi connectivity index (χ2v) is 7.67. The lowest BCUT2D eigenvalue weighted by Crippen LogP contribution is -2.25. The topological polar surface area (TPSA) is 120 Å². The number of anilines is 2. The summed E-state index contributed by atoms with van der Waals surface area (Å²) in [7, 11) is 0. The predicted molar refractivity (Wildman–Crippen MR) is 114 cm³/mol. The highest BCUT2D eigenvalue weighted by Gasteiger charge is 2.30. The Morgan fingerprint density at radius 3 is 2.71 bits per heavy atom. The van der Waals surface area contributed by atoms with Crippen molar-refractivity contribution in [2.24, 2.45) is 5.92 Å². The van der Waals surface area contributed by atoms with Gasteiger partial charge in [-0.05, 0) is 25.3 Å². The van der Waals surface area contributed by atoms with Gasteiger partial charge in [-0.2, -0.15) is 15.6 Å². The highest BCUT2D eigenvalue weighted by molar-refractivity contribution is 5.96. The number of benzene rings is 1. The van der Waals surface area contributed by atoms with Crippen LogP contribution in [0.25, 0.3) is 11.3 Å². The van der Waals surface area contributed by atoms with E-state index in [9.17, 15) is 4.79 Å². The Labute approximate surface area is 180 Å². The SMILES string of the molecule is Cc1cnc(Nc2cnn(C3CC(C#N)C3)c2)nc1-c1ccc(C(=O)CCC#N)cc1. The number of ketones is 1. The first-order chi connectivity index (χ1) is 15.1. The van der Waals surface area contributed by atoms with Crippen LogP contribution in [0.15, 0.2) is 42.9 Å². The number of aromatic nitrogens is 4. The highest BCUT2D eigenvalue weighted by atomic mass is 16.1. The molecule has 3 aromatic rings. The van der Waals surface area contributed by atoms with E-state index < -0.39 is 0 Å². The molecule has 1 N–H and O–H groups in total. The summed E-state index contributed by atoms with van der Waals surface area (Å²) in [6, 6.07) is 11.8. The molecule has 0 unspecified atom stereocenters. The fraction of sp³-hybridized carbons (Fsp3) is 0.304. The Morgan fingerprint density at radius 2 is 2.00 bits per heavy atom. The van der Waals surface area contributed by atoms with Crippen molar-refractivity contribution in [1.29, 1.82) is 10.5 Å². The molecule has 154 valence electrons. The normalized spacial score (nSPS) is 17.3. The zero-order valence-corrected chi connectivity index (χ0v) is 17.1. The molecule has 31 heavy (non-hydrogen) atoms. The summed E-state index contributed by atoms with van der Waals surface area (Å²) in [6.07, 6.45) is 7.49. The van der Waals surface area contributed by atoms with E-state index in [2.05, 4.69) is 26.5 Å². The minimum atomic E-state index is -0.0422. The van der Waals surface area contributed by atoms with Crippen LogP contribution in [0.4, 0.5) is 11.6 Å². The van der Waals surface area contributed by atoms with Crippen LogP contribution in [0.3, 0.4) is 0 Å². The van der Waals surface area contributed by atoms with Gasteiger partial charge in [-0.3, -0.25) is 9.48 Å². The van der Waals surface area contributed by atoms with E-state index in [0.717, 1.165) is 35.3 Å². The van der Waals surface area contributed by atoms with Gasteiger partial charge in [-0.25, -0.2) is 9.97 Å². The van der Waals surface area contributed by atoms with E-state index in [0.29, 0.717) is 11.5 Å². The number of nitrogens with zero attached hydrogens (tertiary/aromatic N) is 6. The first-order valence-corrected chi connectivity index (χ1v) is 10.1. The van der Waals surface area contributed by atoms with Crippen molar-refractivity contribution in [1.82, 2.24) is 19.7 Å². The van der Waals surface area contributed by atoms with Crippen LogP contribution in [0.1, 0.15) is 47.6 Å². The smallest absolute Gasteiger partial charge is 0.227 e. The maximum atomic E-state index is 12.1. The van der Waals surface area contributed by atoms with Crippen LogP contribution >= 0.6 is 0 Å². The first kappa shape index (κ1) is 20.2. The van der Waals surface area contributed by atoms with Gasteiger partial charge in [-0.15, -0.1) is 0 Å². The molecule has 2 aromatic heterocycles. The third-order valence-electron chi connectivity index (χ3n) is 5.44. The molecule has 0 spiro atoms. The van der Waals surface area contributed by atoms with E-state index in [1.54, 1.807) is 24.5 Å². The number of Topliss-reactive ketones (excluding diaryl/α,β-unsaturated/α-hetero) is 1. The summed E-state index contributed by atoms with van der Waals surface area (Å²) >= 11 is 0. The number of carbonyl (C=O) groups is 1. The van der Waals surface area contributed by atoms with Crippen molar-refractivity contribution < 1.29 is 4.79 Å². The molecule has 0 radical (unpaired) electrons.